The molecule has 0 radical (unpaired) electrons. The third-order valence-corrected chi connectivity index (χ3v) is 3.69. The van der Waals surface area contributed by atoms with Gasteiger partial charge in [-0.25, -0.2) is 4.99 Å². The zero-order chi connectivity index (χ0) is 14.2. The Bertz CT molecular complexity index is 559. The van der Waals surface area contributed by atoms with Crippen LogP contribution in [0, 0.1) is 0 Å². The fourth-order valence-corrected chi connectivity index (χ4v) is 2.47. The van der Waals surface area contributed by atoms with Crippen LogP contribution in [-0.4, -0.2) is 16.3 Å². The number of alkyl halides is 3. The van der Waals surface area contributed by atoms with Gasteiger partial charge in [0.2, 0.25) is 5.91 Å². The van der Waals surface area contributed by atoms with Crippen molar-refractivity contribution in [1.82, 2.24) is 5.32 Å². The van der Waals surface area contributed by atoms with E-state index in [-0.39, 0.29) is 27.0 Å². The van der Waals surface area contributed by atoms with E-state index in [0.29, 0.717) is 0 Å². The highest BCUT2D eigenvalue weighted by atomic mass is 35.5. The molecule has 1 atom stereocenters. The van der Waals surface area contributed by atoms with Crippen molar-refractivity contribution >= 4 is 40.1 Å². The number of nitrogens with one attached hydrogen (secondary N) is 1. The Morgan fingerprint density at radius 3 is 2.63 bits per heavy atom. The molecule has 0 aromatic heterocycles. The molecule has 19 heavy (non-hydrogen) atoms. The van der Waals surface area contributed by atoms with E-state index in [0.717, 1.165) is 23.9 Å². The number of rotatable bonds is 1. The summed E-state index contributed by atoms with van der Waals surface area (Å²) >= 11 is 6.66. The highest BCUT2D eigenvalue weighted by molar-refractivity contribution is 8.15. The van der Waals surface area contributed by atoms with Gasteiger partial charge in [-0.1, -0.05) is 23.4 Å². The van der Waals surface area contributed by atoms with Crippen molar-refractivity contribution < 1.29 is 18.0 Å². The predicted molar refractivity (Wildman–Crippen MR) is 68.7 cm³/mol. The number of amides is 1. The van der Waals surface area contributed by atoms with Gasteiger partial charge in [-0.3, -0.25) is 4.79 Å². The Morgan fingerprint density at radius 2 is 2.11 bits per heavy atom. The van der Waals surface area contributed by atoms with Crippen LogP contribution in [0.15, 0.2) is 23.2 Å². The number of carbonyl (C=O) groups is 1. The lowest BCUT2D eigenvalue weighted by molar-refractivity contribution is -0.137. The molecule has 1 aromatic rings. The average molecular weight is 309 g/mol. The molecule has 0 saturated carbocycles. The molecule has 1 aromatic carbocycles. The molecule has 0 unspecified atom stereocenters. The number of hydrogen-bond acceptors (Lipinski definition) is 3. The molecule has 1 aliphatic heterocycles. The van der Waals surface area contributed by atoms with Gasteiger partial charge in [-0.05, 0) is 25.1 Å². The van der Waals surface area contributed by atoms with Crippen LogP contribution in [0.4, 0.5) is 18.9 Å². The van der Waals surface area contributed by atoms with Gasteiger partial charge < -0.3 is 5.32 Å². The fraction of sp³-hybridized carbons (Fsp3) is 0.273. The quantitative estimate of drug-likeness (QED) is 0.861. The van der Waals surface area contributed by atoms with E-state index in [1.54, 1.807) is 6.92 Å². The lowest BCUT2D eigenvalue weighted by atomic mass is 10.2. The second-order valence-corrected chi connectivity index (χ2v) is 5.56. The summed E-state index contributed by atoms with van der Waals surface area (Å²) in [6.45, 7) is 1.69. The maximum atomic E-state index is 12.7. The monoisotopic (exact) mass is 308 g/mol. The van der Waals surface area contributed by atoms with E-state index < -0.39 is 11.7 Å². The van der Waals surface area contributed by atoms with Crippen LogP contribution in [-0.2, 0) is 11.0 Å². The number of amidine groups is 1. The van der Waals surface area contributed by atoms with Crippen LogP contribution in [0.25, 0.3) is 0 Å². The van der Waals surface area contributed by atoms with Crippen molar-refractivity contribution in [3.8, 4) is 0 Å². The van der Waals surface area contributed by atoms with Crippen LogP contribution in [0.5, 0.6) is 0 Å². The van der Waals surface area contributed by atoms with E-state index in [9.17, 15) is 18.0 Å². The van der Waals surface area contributed by atoms with Gasteiger partial charge >= 0.3 is 6.18 Å². The third-order valence-electron chi connectivity index (χ3n) is 2.37. The summed E-state index contributed by atoms with van der Waals surface area (Å²) in [4.78, 5) is 15.2. The minimum atomic E-state index is -4.54. The van der Waals surface area contributed by atoms with E-state index in [4.69, 9.17) is 11.6 Å². The number of benzene rings is 1. The topological polar surface area (TPSA) is 41.5 Å². The van der Waals surface area contributed by atoms with Gasteiger partial charge in [0.05, 0.1) is 21.5 Å². The maximum absolute atomic E-state index is 12.7. The molecule has 0 spiro atoms. The first-order valence-electron chi connectivity index (χ1n) is 5.20. The minimum absolute atomic E-state index is 0.0913. The first-order chi connectivity index (χ1) is 8.77. The number of nitrogens with zero attached hydrogens (tertiary/aromatic N) is 1. The van der Waals surface area contributed by atoms with Crippen molar-refractivity contribution in [3.63, 3.8) is 0 Å². The van der Waals surface area contributed by atoms with Crippen molar-refractivity contribution in [2.24, 2.45) is 4.99 Å². The summed E-state index contributed by atoms with van der Waals surface area (Å²) in [5, 5.41) is 2.09. The Hall–Kier alpha value is -1.21. The van der Waals surface area contributed by atoms with Gasteiger partial charge in [0, 0.05) is 0 Å². The van der Waals surface area contributed by atoms with Gasteiger partial charge in [-0.15, -0.1) is 0 Å². The zero-order valence-corrected chi connectivity index (χ0v) is 11.2. The molecule has 1 amide bonds. The molecule has 102 valence electrons. The summed E-state index contributed by atoms with van der Waals surface area (Å²) in [5.41, 5.74) is -0.855. The predicted octanol–water partition coefficient (Wildman–Crippen LogP) is 3.60. The number of aliphatic imine (C=N–C) groups is 1. The summed E-state index contributed by atoms with van der Waals surface area (Å²) in [6, 6.07) is 3.35. The zero-order valence-electron chi connectivity index (χ0n) is 9.58. The summed E-state index contributed by atoms with van der Waals surface area (Å²) < 4.78 is 38.0. The summed E-state index contributed by atoms with van der Waals surface area (Å²) in [5.74, 6) is -0.214. The number of halogens is 4. The van der Waals surface area contributed by atoms with E-state index in [2.05, 4.69) is 10.3 Å². The van der Waals surface area contributed by atoms with Gasteiger partial charge in [0.1, 0.15) is 0 Å². The second-order valence-electron chi connectivity index (χ2n) is 3.83. The lowest BCUT2D eigenvalue weighted by Gasteiger charge is -2.09. The van der Waals surface area contributed by atoms with Crippen molar-refractivity contribution in [2.75, 3.05) is 0 Å². The van der Waals surface area contributed by atoms with E-state index in [1.807, 2.05) is 0 Å². The first-order valence-corrected chi connectivity index (χ1v) is 6.46. The molecular formula is C11H8ClF3N2OS. The molecule has 8 heteroatoms. The van der Waals surface area contributed by atoms with Gasteiger partial charge in [-0.2, -0.15) is 13.2 Å². The third kappa shape index (κ3) is 3.22. The molecule has 1 fully saturated rings. The Morgan fingerprint density at radius 1 is 1.42 bits per heavy atom. The van der Waals surface area contributed by atoms with Crippen LogP contribution in [0.2, 0.25) is 5.02 Å². The van der Waals surface area contributed by atoms with Crippen molar-refractivity contribution in [2.45, 2.75) is 18.3 Å². The molecular weight excluding hydrogens is 301 g/mol. The first kappa shape index (κ1) is 14.2. The average Bonchev–Trinajstić information content (AvgIpc) is 2.59. The molecule has 1 aliphatic rings. The number of carbonyl (C=O) groups excluding carboxylic acids is 1. The van der Waals surface area contributed by atoms with Crippen molar-refractivity contribution in [1.29, 1.82) is 0 Å². The van der Waals surface area contributed by atoms with Crippen LogP contribution in [0.3, 0.4) is 0 Å². The van der Waals surface area contributed by atoms with Gasteiger partial charge in [0.15, 0.2) is 5.17 Å². The fourth-order valence-electron chi connectivity index (χ4n) is 1.43. The largest absolute Gasteiger partial charge is 0.417 e. The molecule has 0 bridgehead atoms. The molecule has 3 nitrogen and oxygen atoms in total. The smallest absolute Gasteiger partial charge is 0.304 e. The normalized spacial score (nSPS) is 21.8. The standard InChI is InChI=1S/C11H8ClF3N2OS/c1-5-9(18)17-10(19-5)16-6-2-3-8(12)7(4-6)11(13,14)15/h2-5H,1H3,(H,16,17,18)/t5-/m0/s1. The number of hydrogen-bond donors (Lipinski definition) is 1. The number of thioether (sulfide) groups is 1. The molecule has 0 aliphatic carbocycles. The van der Waals surface area contributed by atoms with Crippen molar-refractivity contribution in [3.05, 3.63) is 28.8 Å². The Balaban J connectivity index is 2.33. The Labute approximate surface area is 116 Å². The lowest BCUT2D eigenvalue weighted by Crippen LogP contribution is -2.23. The van der Waals surface area contributed by atoms with Gasteiger partial charge in [0.25, 0.3) is 0 Å². The van der Waals surface area contributed by atoms with Crippen LogP contribution >= 0.6 is 23.4 Å². The summed E-state index contributed by atoms with van der Waals surface area (Å²) in [7, 11) is 0. The highest BCUT2D eigenvalue weighted by Gasteiger charge is 2.33. The summed E-state index contributed by atoms with van der Waals surface area (Å²) in [6.07, 6.45) is -4.54. The van der Waals surface area contributed by atoms with Crippen LogP contribution < -0.4 is 5.32 Å². The maximum Gasteiger partial charge on any atom is 0.417 e. The molecule has 1 N–H and O–H groups in total. The molecule has 2 rings (SSSR count). The second kappa shape index (κ2) is 5.05. The Kier molecular flexibility index (Phi) is 3.78. The molecule has 1 heterocycles. The highest BCUT2D eigenvalue weighted by Crippen LogP contribution is 2.37. The van der Waals surface area contributed by atoms with Crippen LogP contribution in [0.1, 0.15) is 12.5 Å². The minimum Gasteiger partial charge on any atom is -0.304 e. The van der Waals surface area contributed by atoms with E-state index >= 15 is 0 Å². The SMILES string of the molecule is C[C@@H]1SC(=Nc2ccc(Cl)c(C(F)(F)F)c2)NC1=O. The molecule has 1 saturated heterocycles. The van der Waals surface area contributed by atoms with E-state index in [1.165, 1.54) is 6.07 Å².